The number of thioether (sulfide) groups is 2. The van der Waals surface area contributed by atoms with Crippen LogP contribution in [0.2, 0.25) is 0 Å². The third-order valence-electron chi connectivity index (χ3n) is 2.24. The Morgan fingerprint density at radius 3 is 2.43 bits per heavy atom. The van der Waals surface area contributed by atoms with Crippen molar-refractivity contribution in [2.45, 2.75) is 50.9 Å². The van der Waals surface area contributed by atoms with Gasteiger partial charge in [0.05, 0.1) is 6.10 Å². The summed E-state index contributed by atoms with van der Waals surface area (Å²) in [6, 6.07) is 0. The van der Waals surface area contributed by atoms with Crippen LogP contribution in [0.25, 0.3) is 0 Å². The van der Waals surface area contributed by atoms with Crippen LogP contribution in [0, 0.1) is 0 Å². The van der Waals surface area contributed by atoms with E-state index in [4.69, 9.17) is 0 Å². The lowest BCUT2D eigenvalue weighted by Crippen LogP contribution is -2.25. The van der Waals surface area contributed by atoms with Gasteiger partial charge in [-0.3, -0.25) is 0 Å². The van der Waals surface area contributed by atoms with Gasteiger partial charge in [-0.05, 0) is 24.9 Å². The van der Waals surface area contributed by atoms with Crippen molar-refractivity contribution in [2.24, 2.45) is 0 Å². The molecule has 14 heavy (non-hydrogen) atoms. The van der Waals surface area contributed by atoms with E-state index in [0.717, 1.165) is 18.6 Å². The van der Waals surface area contributed by atoms with Crippen LogP contribution in [0.5, 0.6) is 0 Å². The molecule has 0 unspecified atom stereocenters. The molecular formula is C11H24OS2. The van der Waals surface area contributed by atoms with Crippen LogP contribution in [0.4, 0.5) is 0 Å². The number of rotatable bonds is 9. The first-order chi connectivity index (χ1) is 6.76. The first-order valence-corrected chi connectivity index (χ1v) is 7.99. The molecule has 0 fully saturated rings. The van der Waals surface area contributed by atoms with Crippen molar-refractivity contribution < 1.29 is 5.11 Å². The maximum absolute atomic E-state index is 9.83. The number of hydrogen-bond donors (Lipinski definition) is 1. The molecule has 0 aliphatic heterocycles. The Kier molecular flexibility index (Phi) is 10.7. The van der Waals surface area contributed by atoms with Crippen LogP contribution in [0.15, 0.2) is 0 Å². The summed E-state index contributed by atoms with van der Waals surface area (Å²) in [7, 11) is 0. The molecule has 0 saturated heterocycles. The van der Waals surface area contributed by atoms with Gasteiger partial charge in [-0.1, -0.05) is 26.7 Å². The van der Waals surface area contributed by atoms with E-state index in [-0.39, 0.29) is 6.10 Å². The zero-order chi connectivity index (χ0) is 10.8. The Labute approximate surface area is 97.4 Å². The third kappa shape index (κ3) is 7.02. The summed E-state index contributed by atoms with van der Waals surface area (Å²) in [5.41, 5.74) is 0. The van der Waals surface area contributed by atoms with Gasteiger partial charge in [0.1, 0.15) is 0 Å². The zero-order valence-electron chi connectivity index (χ0n) is 9.66. The van der Waals surface area contributed by atoms with Crippen molar-refractivity contribution in [1.82, 2.24) is 0 Å². The van der Waals surface area contributed by atoms with Crippen LogP contribution in [-0.4, -0.2) is 34.2 Å². The minimum atomic E-state index is -0.107. The highest BCUT2D eigenvalue weighted by atomic mass is 32.2. The first kappa shape index (κ1) is 14.7. The maximum Gasteiger partial charge on any atom is 0.0666 e. The van der Waals surface area contributed by atoms with E-state index in [1.807, 2.05) is 11.8 Å². The lowest BCUT2D eigenvalue weighted by molar-refractivity contribution is 0.166. The molecule has 0 saturated carbocycles. The van der Waals surface area contributed by atoms with Gasteiger partial charge in [0.2, 0.25) is 0 Å². The summed E-state index contributed by atoms with van der Waals surface area (Å²) in [5, 5.41) is 10.3. The molecule has 86 valence electrons. The molecule has 3 heteroatoms. The Bertz CT molecular complexity index is 120. The van der Waals surface area contributed by atoms with Crippen molar-refractivity contribution >= 4 is 23.5 Å². The number of hydrogen-bond acceptors (Lipinski definition) is 3. The quantitative estimate of drug-likeness (QED) is 0.620. The van der Waals surface area contributed by atoms with Gasteiger partial charge in [0.15, 0.2) is 0 Å². The molecule has 0 bridgehead atoms. The molecule has 0 rings (SSSR count). The normalized spacial score (nSPS) is 15.4. The Hall–Kier alpha value is 0.660. The Morgan fingerprint density at radius 1 is 1.21 bits per heavy atom. The highest BCUT2D eigenvalue weighted by molar-refractivity contribution is 8.03. The van der Waals surface area contributed by atoms with Crippen LogP contribution >= 0.6 is 23.5 Å². The lowest BCUT2D eigenvalue weighted by atomic mass is 10.1. The van der Waals surface area contributed by atoms with Crippen LogP contribution < -0.4 is 0 Å². The summed E-state index contributed by atoms with van der Waals surface area (Å²) < 4.78 is 0. The molecular weight excluding hydrogens is 212 g/mol. The van der Waals surface area contributed by atoms with Crippen LogP contribution in [0.3, 0.4) is 0 Å². The van der Waals surface area contributed by atoms with Gasteiger partial charge in [-0.25, -0.2) is 0 Å². The average Bonchev–Trinajstić information content (AvgIpc) is 2.18. The summed E-state index contributed by atoms with van der Waals surface area (Å²) in [5.74, 6) is 2.34. The predicted molar refractivity (Wildman–Crippen MR) is 70.5 cm³/mol. The Morgan fingerprint density at radius 2 is 1.93 bits per heavy atom. The molecule has 0 aliphatic rings. The fourth-order valence-electron chi connectivity index (χ4n) is 1.26. The Balaban J connectivity index is 3.56. The molecule has 2 atom stereocenters. The summed E-state index contributed by atoms with van der Waals surface area (Å²) >= 11 is 3.79. The van der Waals surface area contributed by atoms with Gasteiger partial charge in [0.25, 0.3) is 0 Å². The maximum atomic E-state index is 9.83. The highest BCUT2D eigenvalue weighted by Crippen LogP contribution is 2.20. The highest BCUT2D eigenvalue weighted by Gasteiger charge is 2.16. The SMILES string of the molecule is CCCCSC[C@@H](SC)[C@H](O)CCC. The van der Waals surface area contributed by atoms with Crippen molar-refractivity contribution in [3.05, 3.63) is 0 Å². The summed E-state index contributed by atoms with van der Waals surface area (Å²) in [6.45, 7) is 4.35. The number of aliphatic hydroxyl groups excluding tert-OH is 1. The molecule has 0 heterocycles. The molecule has 1 N–H and O–H groups in total. The van der Waals surface area contributed by atoms with E-state index in [9.17, 15) is 5.11 Å². The number of unbranched alkanes of at least 4 members (excludes halogenated alkanes) is 1. The van der Waals surface area contributed by atoms with E-state index in [1.54, 1.807) is 11.8 Å². The van der Waals surface area contributed by atoms with Gasteiger partial charge in [-0.2, -0.15) is 23.5 Å². The predicted octanol–water partition coefficient (Wildman–Crippen LogP) is 3.41. The fraction of sp³-hybridized carbons (Fsp3) is 1.00. The molecule has 0 amide bonds. The lowest BCUT2D eigenvalue weighted by Gasteiger charge is -2.20. The van der Waals surface area contributed by atoms with E-state index in [2.05, 4.69) is 20.1 Å². The average molecular weight is 236 g/mol. The smallest absolute Gasteiger partial charge is 0.0666 e. The molecule has 1 nitrogen and oxygen atoms in total. The van der Waals surface area contributed by atoms with Crippen LogP contribution in [-0.2, 0) is 0 Å². The molecule has 0 aliphatic carbocycles. The van der Waals surface area contributed by atoms with Crippen molar-refractivity contribution in [1.29, 1.82) is 0 Å². The van der Waals surface area contributed by atoms with E-state index in [1.165, 1.54) is 18.6 Å². The van der Waals surface area contributed by atoms with Gasteiger partial charge >= 0.3 is 0 Å². The van der Waals surface area contributed by atoms with Gasteiger partial charge in [-0.15, -0.1) is 0 Å². The molecule has 0 spiro atoms. The second kappa shape index (κ2) is 10.2. The van der Waals surface area contributed by atoms with E-state index < -0.39 is 0 Å². The largest absolute Gasteiger partial charge is 0.392 e. The van der Waals surface area contributed by atoms with Crippen molar-refractivity contribution in [3.8, 4) is 0 Å². The van der Waals surface area contributed by atoms with Crippen molar-refractivity contribution in [2.75, 3.05) is 17.8 Å². The first-order valence-electron chi connectivity index (χ1n) is 5.54. The van der Waals surface area contributed by atoms with E-state index >= 15 is 0 Å². The monoisotopic (exact) mass is 236 g/mol. The summed E-state index contributed by atoms with van der Waals surface area (Å²) in [6.07, 6.45) is 6.59. The minimum absolute atomic E-state index is 0.107. The zero-order valence-corrected chi connectivity index (χ0v) is 11.3. The van der Waals surface area contributed by atoms with Gasteiger partial charge in [0, 0.05) is 11.0 Å². The van der Waals surface area contributed by atoms with Crippen LogP contribution in [0.1, 0.15) is 39.5 Å². The minimum Gasteiger partial charge on any atom is -0.392 e. The third-order valence-corrected chi connectivity index (χ3v) is 4.71. The molecule has 0 aromatic carbocycles. The fourth-order valence-corrected chi connectivity index (χ4v) is 3.66. The van der Waals surface area contributed by atoms with Crippen molar-refractivity contribution in [3.63, 3.8) is 0 Å². The number of aliphatic hydroxyl groups is 1. The second-order valence-corrected chi connectivity index (χ2v) is 5.79. The molecule has 0 aromatic heterocycles. The molecule has 0 aromatic rings. The standard InChI is InChI=1S/C11H24OS2/c1-4-6-8-14-9-11(13-3)10(12)7-5-2/h10-12H,4-9H2,1-3H3/t10-,11-/m1/s1. The van der Waals surface area contributed by atoms with E-state index in [0.29, 0.717) is 5.25 Å². The topological polar surface area (TPSA) is 20.2 Å². The van der Waals surface area contributed by atoms with Gasteiger partial charge < -0.3 is 5.11 Å². The molecule has 0 radical (unpaired) electrons. The summed E-state index contributed by atoms with van der Waals surface area (Å²) in [4.78, 5) is 0. The second-order valence-electron chi connectivity index (χ2n) is 3.56.